The fourth-order valence-corrected chi connectivity index (χ4v) is 3.09. The van der Waals surface area contributed by atoms with Crippen LogP contribution in [0.25, 0.3) is 0 Å². The van der Waals surface area contributed by atoms with E-state index in [-0.39, 0.29) is 72.0 Å². The Bertz CT molecular complexity index is 462. The van der Waals surface area contributed by atoms with Crippen molar-refractivity contribution in [3.8, 4) is 0 Å². The van der Waals surface area contributed by atoms with Gasteiger partial charge in [0, 0.05) is 12.8 Å². The first-order valence-electron chi connectivity index (χ1n) is 7.17. The molecule has 6 N–H and O–H groups in total. The quantitative estimate of drug-likeness (QED) is 0.0676. The Morgan fingerprint density at radius 2 is 0.840 bits per heavy atom. The Balaban J connectivity index is -0.00000242. The molecule has 0 aliphatic carbocycles. The second-order valence-corrected chi connectivity index (χ2v) is 8.30. The van der Waals surface area contributed by atoms with Crippen LogP contribution in [0.3, 0.4) is 0 Å². The Hall–Kier alpha value is 1.24. The topological polar surface area (TPSA) is 180 Å². The second kappa shape index (κ2) is 16.2. The van der Waals surface area contributed by atoms with E-state index in [4.69, 9.17) is 30.0 Å². The van der Waals surface area contributed by atoms with E-state index in [9.17, 15) is 9.13 Å². The van der Waals surface area contributed by atoms with Gasteiger partial charge >= 0.3 is 74.3 Å². The summed E-state index contributed by atoms with van der Waals surface area (Å²) in [6, 6.07) is 0. The molecule has 0 saturated carbocycles. The second-order valence-electron chi connectivity index (χ2n) is 5.10. The van der Waals surface area contributed by atoms with Crippen LogP contribution in [-0.4, -0.2) is 100 Å². The van der Waals surface area contributed by atoms with E-state index in [1.54, 1.807) is 0 Å². The normalized spacial score (nSPS) is 13.1. The van der Waals surface area contributed by atoms with Gasteiger partial charge in [0.25, 0.3) is 0 Å². The Labute approximate surface area is 191 Å². The summed E-state index contributed by atoms with van der Waals surface area (Å²) in [6.45, 7) is 0. The van der Waals surface area contributed by atoms with Crippen molar-refractivity contribution in [2.75, 3.05) is 0 Å². The molecule has 0 fully saturated rings. The summed E-state index contributed by atoms with van der Waals surface area (Å²) in [6.07, 6.45) is 5.07. The monoisotopic (exact) mass is 422 g/mol. The number of hydrogen-bond donors (Lipinski definition) is 6. The van der Waals surface area contributed by atoms with Gasteiger partial charge in [-0.2, -0.15) is 0 Å². The van der Waals surface area contributed by atoms with Crippen LogP contribution in [0.4, 0.5) is 0 Å². The number of oxime groups is 2. The molecular formula is C11H26N2Na2O8P2. The summed E-state index contributed by atoms with van der Waals surface area (Å²) in [5, 5.41) is 22.2. The Kier molecular flexibility index (Phi) is 20.1. The number of unbranched alkanes of at least 4 members (excludes halogenated alkanes) is 6. The Morgan fingerprint density at radius 3 is 1.04 bits per heavy atom. The van der Waals surface area contributed by atoms with E-state index in [2.05, 4.69) is 10.3 Å². The molecule has 0 aliphatic rings. The van der Waals surface area contributed by atoms with Crippen molar-refractivity contribution in [2.45, 2.75) is 57.8 Å². The van der Waals surface area contributed by atoms with Crippen molar-refractivity contribution in [2.24, 2.45) is 10.3 Å². The third-order valence-electron chi connectivity index (χ3n) is 3.20. The minimum atomic E-state index is -4.47. The first kappa shape index (κ1) is 31.0. The molecule has 0 amide bonds. The van der Waals surface area contributed by atoms with Gasteiger partial charge in [-0.15, -0.1) is 0 Å². The van der Waals surface area contributed by atoms with Gasteiger partial charge in [-0.05, 0) is 12.8 Å². The molecule has 0 aromatic carbocycles. The number of hydrogen-bond acceptors (Lipinski definition) is 6. The van der Waals surface area contributed by atoms with Gasteiger partial charge in [-0.3, -0.25) is 9.13 Å². The summed E-state index contributed by atoms with van der Waals surface area (Å²) >= 11 is 0. The van der Waals surface area contributed by atoms with Gasteiger partial charge in [-0.1, -0.05) is 42.4 Å². The zero-order chi connectivity index (χ0) is 17.9. The molecule has 140 valence electrons. The zero-order valence-electron chi connectivity index (χ0n) is 12.7. The van der Waals surface area contributed by atoms with E-state index >= 15 is 0 Å². The Morgan fingerprint density at radius 1 is 0.600 bits per heavy atom. The first-order valence-corrected chi connectivity index (χ1v) is 10.4. The average Bonchev–Trinajstić information content (AvgIpc) is 2.42. The predicted octanol–water partition coefficient (Wildman–Crippen LogP) is 1.13. The average molecular weight is 422 g/mol. The maximum atomic E-state index is 10.9. The van der Waals surface area contributed by atoms with Gasteiger partial charge in [0.15, 0.2) is 10.9 Å². The van der Waals surface area contributed by atoms with Gasteiger partial charge in [-0.25, -0.2) is 0 Å². The molecule has 0 aliphatic heterocycles. The third-order valence-corrected chi connectivity index (χ3v) is 5.18. The molecule has 0 heterocycles. The summed E-state index contributed by atoms with van der Waals surface area (Å²) < 4.78 is 21.7. The van der Waals surface area contributed by atoms with Gasteiger partial charge in [0.05, 0.1) is 0 Å². The molecule has 0 atom stereocenters. The van der Waals surface area contributed by atoms with Crippen LogP contribution in [0.15, 0.2) is 10.3 Å². The van der Waals surface area contributed by atoms with Crippen molar-refractivity contribution >= 4 is 85.2 Å². The fraction of sp³-hybridized carbons (Fsp3) is 0.818. The summed E-state index contributed by atoms with van der Waals surface area (Å²) in [5.41, 5.74) is -1.02. The molecule has 0 rings (SSSR count). The SMILES string of the molecule is O=P(O)(O)/C(CCCCCCCCC/C(=N\O)P(=O)(O)O)=N\O.[NaH].[NaH]. The van der Waals surface area contributed by atoms with Crippen molar-refractivity contribution in [3.63, 3.8) is 0 Å². The molecule has 25 heavy (non-hydrogen) atoms. The van der Waals surface area contributed by atoms with Crippen LogP contribution in [-0.2, 0) is 9.13 Å². The summed E-state index contributed by atoms with van der Waals surface area (Å²) in [7, 11) is -8.94. The van der Waals surface area contributed by atoms with Crippen molar-refractivity contribution in [1.29, 1.82) is 0 Å². The molecule has 0 bridgehead atoms. The number of rotatable bonds is 12. The molecule has 14 heteroatoms. The third kappa shape index (κ3) is 15.9. The van der Waals surface area contributed by atoms with E-state index in [1.165, 1.54) is 0 Å². The first-order chi connectivity index (χ1) is 10.6. The van der Waals surface area contributed by atoms with Crippen LogP contribution in [0.5, 0.6) is 0 Å². The van der Waals surface area contributed by atoms with Crippen molar-refractivity contribution in [3.05, 3.63) is 0 Å². The molecule has 0 spiro atoms. The number of nitrogens with zero attached hydrogens (tertiary/aromatic N) is 2. The standard InChI is InChI=1S/C11H24N2O8P2.2Na.2H/c14-12-10(22(16,17)18)8-6-4-2-1-3-5-7-9-11(13-15)23(19,20)21;;;;/h14-15H,1-9H2,(H2,16,17,18)(H2,19,20,21);;;;/b12-10-,13-11+;;;;. The zero-order valence-corrected chi connectivity index (χ0v) is 14.4. The van der Waals surface area contributed by atoms with Crippen molar-refractivity contribution < 1.29 is 39.1 Å². The van der Waals surface area contributed by atoms with Gasteiger partial charge in [0.1, 0.15) is 0 Å². The van der Waals surface area contributed by atoms with Crippen LogP contribution < -0.4 is 0 Å². The van der Waals surface area contributed by atoms with E-state index < -0.39 is 26.1 Å². The van der Waals surface area contributed by atoms with Crippen LogP contribution >= 0.6 is 15.2 Å². The maximum absolute atomic E-state index is 10.9. The molecule has 0 unspecified atom stereocenters. The summed E-state index contributed by atoms with van der Waals surface area (Å²) in [5.74, 6) is 0. The predicted molar refractivity (Wildman–Crippen MR) is 98.4 cm³/mol. The van der Waals surface area contributed by atoms with Gasteiger partial charge in [0.2, 0.25) is 0 Å². The fourth-order valence-electron chi connectivity index (χ4n) is 1.96. The molecular weight excluding hydrogens is 396 g/mol. The minimum absolute atomic E-state index is 0. The van der Waals surface area contributed by atoms with Gasteiger partial charge < -0.3 is 30.0 Å². The molecule has 0 aromatic heterocycles. The van der Waals surface area contributed by atoms with E-state index in [1.807, 2.05) is 0 Å². The molecule has 0 aromatic rings. The van der Waals surface area contributed by atoms with Crippen LogP contribution in [0, 0.1) is 0 Å². The van der Waals surface area contributed by atoms with Crippen LogP contribution in [0.1, 0.15) is 57.8 Å². The molecule has 0 saturated heterocycles. The summed E-state index contributed by atoms with van der Waals surface area (Å²) in [4.78, 5) is 35.3. The molecule has 0 radical (unpaired) electrons. The molecule has 10 nitrogen and oxygen atoms in total. The van der Waals surface area contributed by atoms with E-state index in [0.29, 0.717) is 12.8 Å². The van der Waals surface area contributed by atoms with Crippen LogP contribution in [0.2, 0.25) is 0 Å². The van der Waals surface area contributed by atoms with Crippen molar-refractivity contribution in [1.82, 2.24) is 0 Å². The van der Waals surface area contributed by atoms with E-state index in [0.717, 1.165) is 32.1 Å².